The fourth-order valence-corrected chi connectivity index (χ4v) is 3.26. The maximum Gasteiger partial charge on any atom is 0.240 e. The first-order valence-electron chi connectivity index (χ1n) is 7.44. The van der Waals surface area contributed by atoms with Crippen LogP contribution < -0.4 is 9.62 Å². The first-order valence-corrected chi connectivity index (χ1v) is 8.93. The quantitative estimate of drug-likeness (QED) is 0.862. The molecule has 1 aliphatic rings. The van der Waals surface area contributed by atoms with E-state index in [1.807, 2.05) is 4.90 Å². The molecule has 0 bridgehead atoms. The highest BCUT2D eigenvalue weighted by Crippen LogP contribution is 2.12. The second kappa shape index (κ2) is 7.20. The Morgan fingerprint density at radius 3 is 2.58 bits per heavy atom. The first-order chi connectivity index (χ1) is 11.5. The van der Waals surface area contributed by atoms with E-state index in [4.69, 9.17) is 4.74 Å². The molecule has 1 aliphatic heterocycles. The van der Waals surface area contributed by atoms with E-state index in [1.165, 1.54) is 12.1 Å². The maximum atomic E-state index is 12.9. The van der Waals surface area contributed by atoms with Gasteiger partial charge >= 0.3 is 0 Å². The summed E-state index contributed by atoms with van der Waals surface area (Å²) < 4.78 is 45.0. The van der Waals surface area contributed by atoms with Crippen molar-refractivity contribution in [3.8, 4) is 0 Å². The lowest BCUT2D eigenvalue weighted by atomic mass is 10.4. The molecule has 1 aromatic heterocycles. The summed E-state index contributed by atoms with van der Waals surface area (Å²) in [7, 11) is -3.72. The number of hydrogen-bond acceptors (Lipinski definition) is 6. The van der Waals surface area contributed by atoms with Crippen molar-refractivity contribution in [1.82, 2.24) is 14.7 Å². The molecular formula is C15H17FN4O3S. The lowest BCUT2D eigenvalue weighted by Gasteiger charge is -2.26. The summed E-state index contributed by atoms with van der Waals surface area (Å²) >= 11 is 0. The zero-order valence-corrected chi connectivity index (χ0v) is 13.7. The van der Waals surface area contributed by atoms with E-state index < -0.39 is 15.8 Å². The van der Waals surface area contributed by atoms with E-state index in [2.05, 4.69) is 14.7 Å². The minimum Gasteiger partial charge on any atom is -0.378 e. The highest BCUT2D eigenvalue weighted by Gasteiger charge is 2.16. The summed E-state index contributed by atoms with van der Waals surface area (Å²) in [6.07, 6.45) is 1.60. The molecule has 0 spiro atoms. The molecule has 0 saturated carbocycles. The van der Waals surface area contributed by atoms with Crippen molar-refractivity contribution in [3.63, 3.8) is 0 Å². The van der Waals surface area contributed by atoms with Crippen LogP contribution in [-0.4, -0.2) is 44.7 Å². The Labute approximate surface area is 139 Å². The van der Waals surface area contributed by atoms with E-state index in [-0.39, 0.29) is 11.4 Å². The van der Waals surface area contributed by atoms with Crippen LogP contribution in [0.4, 0.5) is 10.3 Å². The fourth-order valence-electron chi connectivity index (χ4n) is 2.26. The molecule has 1 fully saturated rings. The minimum absolute atomic E-state index is 0.00589. The third kappa shape index (κ3) is 4.05. The predicted molar refractivity (Wildman–Crippen MR) is 85.5 cm³/mol. The van der Waals surface area contributed by atoms with Crippen LogP contribution in [0.2, 0.25) is 0 Å². The molecule has 1 saturated heterocycles. The third-order valence-electron chi connectivity index (χ3n) is 3.56. The van der Waals surface area contributed by atoms with E-state index >= 15 is 0 Å². The third-order valence-corrected chi connectivity index (χ3v) is 4.98. The summed E-state index contributed by atoms with van der Waals surface area (Å²) in [5.41, 5.74) is 0.553. The lowest BCUT2D eigenvalue weighted by molar-refractivity contribution is 0.122. The van der Waals surface area contributed by atoms with Crippen LogP contribution in [-0.2, 0) is 21.3 Å². The number of benzene rings is 1. The molecule has 0 unspecified atom stereocenters. The van der Waals surface area contributed by atoms with Gasteiger partial charge in [-0.1, -0.05) is 0 Å². The van der Waals surface area contributed by atoms with Crippen molar-refractivity contribution in [2.45, 2.75) is 11.4 Å². The highest BCUT2D eigenvalue weighted by atomic mass is 32.2. The van der Waals surface area contributed by atoms with Crippen molar-refractivity contribution in [2.75, 3.05) is 31.2 Å². The van der Waals surface area contributed by atoms with Gasteiger partial charge in [-0.25, -0.2) is 27.5 Å². The SMILES string of the molecule is O=S(=O)(NCc1ccnc(N2CCOCC2)n1)c1ccc(F)cc1. The average Bonchev–Trinajstić information content (AvgIpc) is 2.61. The Hall–Kier alpha value is -2.10. The van der Waals surface area contributed by atoms with Crippen LogP contribution in [0.3, 0.4) is 0 Å². The average molecular weight is 352 g/mol. The van der Waals surface area contributed by atoms with E-state index in [9.17, 15) is 12.8 Å². The number of aromatic nitrogens is 2. The molecule has 7 nitrogen and oxygen atoms in total. The maximum absolute atomic E-state index is 12.9. The summed E-state index contributed by atoms with van der Waals surface area (Å²) in [4.78, 5) is 10.6. The summed E-state index contributed by atoms with van der Waals surface area (Å²) in [5, 5.41) is 0. The number of halogens is 1. The summed E-state index contributed by atoms with van der Waals surface area (Å²) in [6.45, 7) is 2.66. The number of hydrogen-bond donors (Lipinski definition) is 1. The normalized spacial score (nSPS) is 15.5. The second-order valence-corrected chi connectivity index (χ2v) is 6.99. The van der Waals surface area contributed by atoms with Gasteiger partial charge in [-0.15, -0.1) is 0 Å². The Bertz CT molecular complexity index is 793. The molecule has 128 valence electrons. The zero-order valence-electron chi connectivity index (χ0n) is 12.9. The molecule has 24 heavy (non-hydrogen) atoms. The van der Waals surface area contributed by atoms with Crippen LogP contribution in [0.15, 0.2) is 41.4 Å². The monoisotopic (exact) mass is 352 g/mol. The van der Waals surface area contributed by atoms with Gasteiger partial charge in [-0.05, 0) is 30.3 Å². The van der Waals surface area contributed by atoms with E-state index in [1.54, 1.807) is 12.3 Å². The van der Waals surface area contributed by atoms with Gasteiger partial charge in [0.2, 0.25) is 16.0 Å². The van der Waals surface area contributed by atoms with Crippen LogP contribution >= 0.6 is 0 Å². The van der Waals surface area contributed by atoms with Crippen molar-refractivity contribution in [1.29, 1.82) is 0 Å². The number of sulfonamides is 1. The van der Waals surface area contributed by atoms with Crippen LogP contribution in [0.5, 0.6) is 0 Å². The Morgan fingerprint density at radius 2 is 1.88 bits per heavy atom. The van der Waals surface area contributed by atoms with Gasteiger partial charge in [0.05, 0.1) is 30.3 Å². The van der Waals surface area contributed by atoms with Gasteiger partial charge in [0.25, 0.3) is 0 Å². The minimum atomic E-state index is -3.72. The number of nitrogens with zero attached hydrogens (tertiary/aromatic N) is 3. The van der Waals surface area contributed by atoms with Crippen molar-refractivity contribution in [3.05, 3.63) is 48.0 Å². The number of morpholine rings is 1. The fraction of sp³-hybridized carbons (Fsp3) is 0.333. The molecule has 2 aromatic rings. The van der Waals surface area contributed by atoms with Gasteiger partial charge in [0.1, 0.15) is 5.82 Å². The van der Waals surface area contributed by atoms with Crippen LogP contribution in [0, 0.1) is 5.82 Å². The van der Waals surface area contributed by atoms with Gasteiger partial charge < -0.3 is 9.64 Å². The molecule has 0 atom stereocenters. The van der Waals surface area contributed by atoms with Crippen LogP contribution in [0.25, 0.3) is 0 Å². The van der Waals surface area contributed by atoms with Gasteiger partial charge in [-0.3, -0.25) is 0 Å². The largest absolute Gasteiger partial charge is 0.378 e. The predicted octanol–water partition coefficient (Wildman–Crippen LogP) is 0.931. The Kier molecular flexibility index (Phi) is 5.03. The molecule has 1 aromatic carbocycles. The molecular weight excluding hydrogens is 335 g/mol. The Morgan fingerprint density at radius 1 is 1.17 bits per heavy atom. The van der Waals surface area contributed by atoms with Crippen molar-refractivity contribution < 1.29 is 17.5 Å². The smallest absolute Gasteiger partial charge is 0.240 e. The van der Waals surface area contributed by atoms with Crippen molar-refractivity contribution in [2.24, 2.45) is 0 Å². The van der Waals surface area contributed by atoms with E-state index in [0.717, 1.165) is 12.1 Å². The highest BCUT2D eigenvalue weighted by molar-refractivity contribution is 7.89. The topological polar surface area (TPSA) is 84.4 Å². The summed E-state index contributed by atoms with van der Waals surface area (Å²) in [5.74, 6) is 0.0664. The summed E-state index contributed by atoms with van der Waals surface area (Å²) in [6, 6.07) is 6.30. The van der Waals surface area contributed by atoms with Crippen molar-refractivity contribution >= 4 is 16.0 Å². The molecule has 0 aliphatic carbocycles. The zero-order chi connectivity index (χ0) is 17.0. The van der Waals surface area contributed by atoms with Gasteiger partial charge in [-0.2, -0.15) is 0 Å². The number of anilines is 1. The molecule has 0 amide bonds. The lowest BCUT2D eigenvalue weighted by Crippen LogP contribution is -2.37. The van der Waals surface area contributed by atoms with Crippen LogP contribution in [0.1, 0.15) is 5.69 Å². The standard InChI is InChI=1S/C15H17FN4O3S/c16-12-1-3-14(4-2-12)24(21,22)18-11-13-5-6-17-15(19-13)20-7-9-23-10-8-20/h1-6,18H,7-11H2. The number of rotatable bonds is 5. The van der Waals surface area contributed by atoms with E-state index in [0.29, 0.717) is 37.9 Å². The molecule has 3 rings (SSSR count). The second-order valence-electron chi connectivity index (χ2n) is 5.23. The molecule has 2 heterocycles. The molecule has 9 heteroatoms. The molecule has 0 radical (unpaired) electrons. The first kappa shape index (κ1) is 16.7. The number of nitrogens with one attached hydrogen (secondary N) is 1. The molecule has 1 N–H and O–H groups in total. The number of ether oxygens (including phenoxy) is 1. The van der Waals surface area contributed by atoms with Gasteiger partial charge in [0.15, 0.2) is 0 Å². The Balaban J connectivity index is 1.68. The van der Waals surface area contributed by atoms with Gasteiger partial charge in [0, 0.05) is 19.3 Å².